The Kier molecular flexibility index (Phi) is 4.37. The molecule has 1 aromatic rings. The van der Waals surface area contributed by atoms with Gasteiger partial charge in [-0.3, -0.25) is 4.98 Å². The summed E-state index contributed by atoms with van der Waals surface area (Å²) in [5.74, 6) is 0. The summed E-state index contributed by atoms with van der Waals surface area (Å²) < 4.78 is 5.09. The Balaban J connectivity index is 2.84. The Morgan fingerprint density at radius 1 is 1.53 bits per heavy atom. The van der Waals surface area contributed by atoms with Gasteiger partial charge in [0.1, 0.15) is 0 Å². The van der Waals surface area contributed by atoms with Gasteiger partial charge in [-0.1, -0.05) is 0 Å². The highest BCUT2D eigenvalue weighted by molar-refractivity contribution is 5.66. The SMILES string of the molecule is COCCN(c1ccncc1N)C(C)C. The van der Waals surface area contributed by atoms with Crippen molar-refractivity contribution in [2.24, 2.45) is 0 Å². The van der Waals surface area contributed by atoms with Crippen LogP contribution in [0.3, 0.4) is 0 Å². The standard InChI is InChI=1S/C11H19N3O/c1-9(2)14(6-7-15-3)11-4-5-13-8-10(11)12/h4-5,8-9H,6-7,12H2,1-3H3. The van der Waals surface area contributed by atoms with Crippen molar-refractivity contribution in [2.45, 2.75) is 19.9 Å². The van der Waals surface area contributed by atoms with E-state index in [0.29, 0.717) is 18.3 Å². The van der Waals surface area contributed by atoms with Gasteiger partial charge in [0.05, 0.1) is 24.2 Å². The minimum absolute atomic E-state index is 0.393. The Morgan fingerprint density at radius 2 is 2.27 bits per heavy atom. The van der Waals surface area contributed by atoms with Gasteiger partial charge >= 0.3 is 0 Å². The molecule has 1 aromatic heterocycles. The molecule has 0 aliphatic carbocycles. The molecule has 15 heavy (non-hydrogen) atoms. The number of methoxy groups -OCH3 is 1. The zero-order valence-corrected chi connectivity index (χ0v) is 9.60. The van der Waals surface area contributed by atoms with Crippen LogP contribution in [0.4, 0.5) is 11.4 Å². The van der Waals surface area contributed by atoms with E-state index >= 15 is 0 Å². The molecule has 0 spiro atoms. The molecule has 4 nitrogen and oxygen atoms in total. The number of hydrogen-bond acceptors (Lipinski definition) is 4. The number of ether oxygens (including phenoxy) is 1. The summed E-state index contributed by atoms with van der Waals surface area (Å²) in [5.41, 5.74) is 7.62. The smallest absolute Gasteiger partial charge is 0.0738 e. The van der Waals surface area contributed by atoms with Crippen molar-refractivity contribution in [1.29, 1.82) is 0 Å². The third kappa shape index (κ3) is 3.09. The molecule has 4 heteroatoms. The quantitative estimate of drug-likeness (QED) is 0.799. The van der Waals surface area contributed by atoms with E-state index < -0.39 is 0 Å². The van der Waals surface area contributed by atoms with Crippen LogP contribution >= 0.6 is 0 Å². The lowest BCUT2D eigenvalue weighted by Crippen LogP contribution is -2.34. The van der Waals surface area contributed by atoms with E-state index in [0.717, 1.165) is 12.2 Å². The molecule has 0 saturated carbocycles. The first-order valence-electron chi connectivity index (χ1n) is 5.12. The molecule has 0 fully saturated rings. The maximum atomic E-state index is 5.89. The summed E-state index contributed by atoms with van der Waals surface area (Å²) in [7, 11) is 1.70. The van der Waals surface area contributed by atoms with Crippen LogP contribution in [0.1, 0.15) is 13.8 Å². The maximum absolute atomic E-state index is 5.89. The molecule has 1 rings (SSSR count). The van der Waals surface area contributed by atoms with Crippen molar-refractivity contribution >= 4 is 11.4 Å². The Bertz CT molecular complexity index is 302. The van der Waals surface area contributed by atoms with E-state index in [1.165, 1.54) is 0 Å². The second-order valence-corrected chi connectivity index (χ2v) is 3.71. The number of hydrogen-bond donors (Lipinski definition) is 1. The normalized spacial score (nSPS) is 10.7. The van der Waals surface area contributed by atoms with Gasteiger partial charge < -0.3 is 15.4 Å². The highest BCUT2D eigenvalue weighted by Gasteiger charge is 2.12. The fourth-order valence-corrected chi connectivity index (χ4v) is 1.51. The molecule has 0 bridgehead atoms. The summed E-state index contributed by atoms with van der Waals surface area (Å²) >= 11 is 0. The number of nitrogen functional groups attached to an aromatic ring is 1. The fourth-order valence-electron chi connectivity index (χ4n) is 1.51. The molecular formula is C11H19N3O. The molecule has 0 amide bonds. The highest BCUT2D eigenvalue weighted by atomic mass is 16.5. The summed E-state index contributed by atoms with van der Waals surface area (Å²) in [4.78, 5) is 6.19. The first kappa shape index (κ1) is 11.8. The van der Waals surface area contributed by atoms with Crippen LogP contribution in [0.2, 0.25) is 0 Å². The van der Waals surface area contributed by atoms with Crippen LogP contribution in [0, 0.1) is 0 Å². The van der Waals surface area contributed by atoms with Gasteiger partial charge in [0, 0.05) is 25.9 Å². The second-order valence-electron chi connectivity index (χ2n) is 3.71. The summed E-state index contributed by atoms with van der Waals surface area (Å²) in [6.07, 6.45) is 3.44. The molecule has 0 radical (unpaired) electrons. The van der Waals surface area contributed by atoms with Crippen LogP contribution in [-0.2, 0) is 4.74 Å². The van der Waals surface area contributed by atoms with E-state index in [4.69, 9.17) is 10.5 Å². The van der Waals surface area contributed by atoms with Crippen molar-refractivity contribution in [2.75, 3.05) is 30.9 Å². The van der Waals surface area contributed by atoms with Gasteiger partial charge in [-0.05, 0) is 19.9 Å². The number of pyridine rings is 1. The summed E-state index contributed by atoms with van der Waals surface area (Å²) in [6, 6.07) is 2.33. The zero-order valence-electron chi connectivity index (χ0n) is 9.60. The number of aromatic nitrogens is 1. The van der Waals surface area contributed by atoms with Gasteiger partial charge in [-0.25, -0.2) is 0 Å². The molecule has 0 aliphatic heterocycles. The number of rotatable bonds is 5. The Labute approximate surface area is 91.1 Å². The average molecular weight is 209 g/mol. The molecular weight excluding hydrogens is 190 g/mol. The third-order valence-corrected chi connectivity index (χ3v) is 2.30. The van der Waals surface area contributed by atoms with Crippen molar-refractivity contribution in [1.82, 2.24) is 4.98 Å². The second kappa shape index (κ2) is 5.56. The first-order chi connectivity index (χ1) is 7.16. The Morgan fingerprint density at radius 3 is 2.80 bits per heavy atom. The maximum Gasteiger partial charge on any atom is 0.0738 e. The van der Waals surface area contributed by atoms with E-state index in [1.54, 1.807) is 19.5 Å². The number of nitrogens with two attached hydrogens (primary N) is 1. The van der Waals surface area contributed by atoms with Gasteiger partial charge in [-0.15, -0.1) is 0 Å². The molecule has 0 aliphatic rings. The van der Waals surface area contributed by atoms with E-state index in [1.807, 2.05) is 6.07 Å². The third-order valence-electron chi connectivity index (χ3n) is 2.30. The molecule has 0 unspecified atom stereocenters. The van der Waals surface area contributed by atoms with E-state index in [-0.39, 0.29) is 0 Å². The van der Waals surface area contributed by atoms with Crippen LogP contribution in [0.5, 0.6) is 0 Å². The molecule has 1 heterocycles. The van der Waals surface area contributed by atoms with E-state index in [2.05, 4.69) is 23.7 Å². The van der Waals surface area contributed by atoms with Gasteiger partial charge in [0.15, 0.2) is 0 Å². The molecule has 0 saturated heterocycles. The summed E-state index contributed by atoms with van der Waals surface area (Å²) in [6.45, 7) is 5.80. The minimum atomic E-state index is 0.393. The zero-order chi connectivity index (χ0) is 11.3. The predicted molar refractivity (Wildman–Crippen MR) is 63.0 cm³/mol. The fraction of sp³-hybridized carbons (Fsp3) is 0.545. The van der Waals surface area contributed by atoms with Crippen molar-refractivity contribution in [3.05, 3.63) is 18.5 Å². The van der Waals surface area contributed by atoms with Crippen LogP contribution in [0.15, 0.2) is 18.5 Å². The topological polar surface area (TPSA) is 51.4 Å². The van der Waals surface area contributed by atoms with Crippen LogP contribution in [0.25, 0.3) is 0 Å². The average Bonchev–Trinajstić information content (AvgIpc) is 2.20. The van der Waals surface area contributed by atoms with Gasteiger partial charge in [0.2, 0.25) is 0 Å². The largest absolute Gasteiger partial charge is 0.396 e. The van der Waals surface area contributed by atoms with Crippen molar-refractivity contribution < 1.29 is 4.74 Å². The monoisotopic (exact) mass is 209 g/mol. The Hall–Kier alpha value is -1.29. The lowest BCUT2D eigenvalue weighted by atomic mass is 10.2. The van der Waals surface area contributed by atoms with Crippen LogP contribution < -0.4 is 10.6 Å². The number of nitrogens with zero attached hydrogens (tertiary/aromatic N) is 2. The van der Waals surface area contributed by atoms with Gasteiger partial charge in [0.25, 0.3) is 0 Å². The van der Waals surface area contributed by atoms with Crippen molar-refractivity contribution in [3.63, 3.8) is 0 Å². The van der Waals surface area contributed by atoms with Gasteiger partial charge in [-0.2, -0.15) is 0 Å². The molecule has 0 atom stereocenters. The van der Waals surface area contributed by atoms with E-state index in [9.17, 15) is 0 Å². The predicted octanol–water partition coefficient (Wildman–Crippen LogP) is 1.53. The van der Waals surface area contributed by atoms with Crippen molar-refractivity contribution in [3.8, 4) is 0 Å². The van der Waals surface area contributed by atoms with Crippen LogP contribution in [-0.4, -0.2) is 31.3 Å². The lowest BCUT2D eigenvalue weighted by molar-refractivity contribution is 0.204. The minimum Gasteiger partial charge on any atom is -0.396 e. The summed E-state index contributed by atoms with van der Waals surface area (Å²) in [5, 5.41) is 0. The molecule has 2 N–H and O–H groups in total. The first-order valence-corrected chi connectivity index (χ1v) is 5.12. The molecule has 84 valence electrons. The number of anilines is 2. The highest BCUT2D eigenvalue weighted by Crippen LogP contribution is 2.22. The lowest BCUT2D eigenvalue weighted by Gasteiger charge is -2.29. The molecule has 0 aromatic carbocycles.